The van der Waals surface area contributed by atoms with E-state index in [2.05, 4.69) is 6.92 Å². The minimum atomic E-state index is -0.322. The summed E-state index contributed by atoms with van der Waals surface area (Å²) in [5.74, 6) is 0.518. The van der Waals surface area contributed by atoms with E-state index in [-0.39, 0.29) is 5.60 Å². The molecule has 1 aliphatic rings. The lowest BCUT2D eigenvalue weighted by Crippen LogP contribution is -2.11. The second kappa shape index (κ2) is 3.55. The Morgan fingerprint density at radius 3 is 2.73 bits per heavy atom. The number of hydrogen-bond donors (Lipinski definition) is 1. The third kappa shape index (κ3) is 2.46. The van der Waals surface area contributed by atoms with Gasteiger partial charge in [-0.1, -0.05) is 6.92 Å². The highest BCUT2D eigenvalue weighted by atomic mass is 16.5. The molecule has 0 amide bonds. The minimum absolute atomic E-state index is 0.322. The molecular formula is C9H18O2. The fraction of sp³-hybridized carbons (Fsp3) is 1.00. The van der Waals surface area contributed by atoms with E-state index in [0.717, 1.165) is 32.5 Å². The van der Waals surface area contributed by atoms with Crippen LogP contribution in [0.2, 0.25) is 0 Å². The molecule has 0 radical (unpaired) electrons. The van der Waals surface area contributed by atoms with Crippen molar-refractivity contribution in [1.82, 2.24) is 0 Å². The van der Waals surface area contributed by atoms with Gasteiger partial charge in [0.25, 0.3) is 0 Å². The highest BCUT2D eigenvalue weighted by Gasteiger charge is 2.48. The molecule has 1 N–H and O–H groups in total. The Bertz CT molecular complexity index is 125. The highest BCUT2D eigenvalue weighted by molar-refractivity contribution is 5.00. The molecule has 0 bridgehead atoms. The maximum atomic E-state index is 9.64. The molecule has 0 aromatic rings. The van der Waals surface area contributed by atoms with Crippen molar-refractivity contribution in [2.45, 2.75) is 38.7 Å². The molecule has 1 aliphatic carbocycles. The van der Waals surface area contributed by atoms with E-state index in [1.165, 1.54) is 0 Å². The molecule has 0 heterocycles. The van der Waals surface area contributed by atoms with Crippen molar-refractivity contribution >= 4 is 0 Å². The smallest absolute Gasteiger partial charge is 0.0678 e. The van der Waals surface area contributed by atoms with Crippen LogP contribution >= 0.6 is 0 Å². The molecule has 1 rings (SSSR count). The van der Waals surface area contributed by atoms with Crippen LogP contribution in [-0.4, -0.2) is 23.9 Å². The first-order valence-corrected chi connectivity index (χ1v) is 4.49. The van der Waals surface area contributed by atoms with E-state index in [1.807, 2.05) is 6.92 Å². The lowest BCUT2D eigenvalue weighted by atomic mass is 10.1. The minimum Gasteiger partial charge on any atom is -0.390 e. The van der Waals surface area contributed by atoms with E-state index in [1.54, 1.807) is 0 Å². The lowest BCUT2D eigenvalue weighted by Gasteiger charge is -2.07. The van der Waals surface area contributed by atoms with Crippen LogP contribution in [-0.2, 0) is 4.74 Å². The summed E-state index contributed by atoms with van der Waals surface area (Å²) in [6.07, 6.45) is 2.89. The molecule has 2 atom stereocenters. The lowest BCUT2D eigenvalue weighted by molar-refractivity contribution is 0.0929. The average molecular weight is 158 g/mol. The summed E-state index contributed by atoms with van der Waals surface area (Å²) in [6.45, 7) is 5.68. The Morgan fingerprint density at radius 1 is 1.64 bits per heavy atom. The zero-order valence-corrected chi connectivity index (χ0v) is 7.47. The fourth-order valence-corrected chi connectivity index (χ4v) is 1.44. The molecule has 66 valence electrons. The summed E-state index contributed by atoms with van der Waals surface area (Å²) in [6, 6.07) is 0. The summed E-state index contributed by atoms with van der Waals surface area (Å²) in [4.78, 5) is 0. The Hall–Kier alpha value is -0.0800. The second-order valence-corrected chi connectivity index (χ2v) is 3.51. The van der Waals surface area contributed by atoms with Crippen LogP contribution in [0.3, 0.4) is 0 Å². The standard InChI is InChI=1S/C9H18O2/c1-3-11-6-4-5-9(10)7-8(9)2/h8,10H,3-7H2,1-2H3. The van der Waals surface area contributed by atoms with E-state index in [0.29, 0.717) is 5.92 Å². The van der Waals surface area contributed by atoms with E-state index < -0.39 is 0 Å². The third-order valence-electron chi connectivity index (χ3n) is 2.52. The Labute approximate surface area is 68.6 Å². The Kier molecular flexibility index (Phi) is 2.90. The number of ether oxygens (including phenoxy) is 1. The van der Waals surface area contributed by atoms with Gasteiger partial charge in [0.05, 0.1) is 5.60 Å². The molecule has 0 spiro atoms. The second-order valence-electron chi connectivity index (χ2n) is 3.51. The van der Waals surface area contributed by atoms with Gasteiger partial charge in [-0.2, -0.15) is 0 Å². The van der Waals surface area contributed by atoms with Crippen LogP contribution in [0.4, 0.5) is 0 Å². The van der Waals surface area contributed by atoms with Crippen molar-refractivity contribution in [3.05, 3.63) is 0 Å². The molecule has 1 fully saturated rings. The summed E-state index contributed by atoms with van der Waals surface area (Å²) >= 11 is 0. The van der Waals surface area contributed by atoms with Gasteiger partial charge in [0.2, 0.25) is 0 Å². The molecule has 0 aromatic heterocycles. The molecule has 11 heavy (non-hydrogen) atoms. The van der Waals surface area contributed by atoms with Crippen molar-refractivity contribution in [3.63, 3.8) is 0 Å². The van der Waals surface area contributed by atoms with Gasteiger partial charge in [-0.05, 0) is 32.1 Å². The molecule has 0 saturated heterocycles. The van der Waals surface area contributed by atoms with Gasteiger partial charge in [-0.15, -0.1) is 0 Å². The molecule has 1 saturated carbocycles. The first-order chi connectivity index (χ1) is 5.19. The molecule has 2 nitrogen and oxygen atoms in total. The van der Waals surface area contributed by atoms with Gasteiger partial charge in [0, 0.05) is 13.2 Å². The molecule has 0 aliphatic heterocycles. The fourth-order valence-electron chi connectivity index (χ4n) is 1.44. The highest BCUT2D eigenvalue weighted by Crippen LogP contribution is 2.46. The number of hydrogen-bond acceptors (Lipinski definition) is 2. The van der Waals surface area contributed by atoms with Crippen molar-refractivity contribution < 1.29 is 9.84 Å². The van der Waals surface area contributed by atoms with Crippen LogP contribution in [0.15, 0.2) is 0 Å². The molecule has 2 heteroatoms. The average Bonchev–Trinajstić information content (AvgIpc) is 2.54. The van der Waals surface area contributed by atoms with Crippen LogP contribution in [0.1, 0.15) is 33.1 Å². The zero-order chi connectivity index (χ0) is 8.32. The Balaban J connectivity index is 1.96. The molecule has 2 unspecified atom stereocenters. The first-order valence-electron chi connectivity index (χ1n) is 4.49. The summed E-state index contributed by atoms with van der Waals surface area (Å²) < 4.78 is 5.18. The predicted molar refractivity (Wildman–Crippen MR) is 44.5 cm³/mol. The monoisotopic (exact) mass is 158 g/mol. The molecular weight excluding hydrogens is 140 g/mol. The summed E-state index contributed by atoms with van der Waals surface area (Å²) in [5.41, 5.74) is -0.322. The molecule has 0 aromatic carbocycles. The van der Waals surface area contributed by atoms with Crippen LogP contribution in [0.25, 0.3) is 0 Å². The van der Waals surface area contributed by atoms with Crippen LogP contribution in [0, 0.1) is 5.92 Å². The van der Waals surface area contributed by atoms with Crippen molar-refractivity contribution in [1.29, 1.82) is 0 Å². The predicted octanol–water partition coefficient (Wildman–Crippen LogP) is 1.57. The van der Waals surface area contributed by atoms with Crippen LogP contribution in [0.5, 0.6) is 0 Å². The van der Waals surface area contributed by atoms with Gasteiger partial charge in [-0.3, -0.25) is 0 Å². The van der Waals surface area contributed by atoms with Gasteiger partial charge in [-0.25, -0.2) is 0 Å². The first kappa shape index (κ1) is 9.01. The topological polar surface area (TPSA) is 29.5 Å². The van der Waals surface area contributed by atoms with Crippen molar-refractivity contribution in [2.75, 3.05) is 13.2 Å². The maximum absolute atomic E-state index is 9.64. The normalized spacial score (nSPS) is 35.7. The van der Waals surface area contributed by atoms with E-state index >= 15 is 0 Å². The zero-order valence-electron chi connectivity index (χ0n) is 7.47. The SMILES string of the molecule is CCOCCCC1(O)CC1C. The van der Waals surface area contributed by atoms with E-state index in [4.69, 9.17) is 4.74 Å². The van der Waals surface area contributed by atoms with Crippen LogP contribution < -0.4 is 0 Å². The van der Waals surface area contributed by atoms with E-state index in [9.17, 15) is 5.11 Å². The largest absolute Gasteiger partial charge is 0.390 e. The quantitative estimate of drug-likeness (QED) is 0.615. The van der Waals surface area contributed by atoms with Gasteiger partial charge in [0.15, 0.2) is 0 Å². The maximum Gasteiger partial charge on any atom is 0.0678 e. The van der Waals surface area contributed by atoms with Gasteiger partial charge >= 0.3 is 0 Å². The van der Waals surface area contributed by atoms with Gasteiger partial charge in [0.1, 0.15) is 0 Å². The van der Waals surface area contributed by atoms with Gasteiger partial charge < -0.3 is 9.84 Å². The number of rotatable bonds is 5. The summed E-state index contributed by atoms with van der Waals surface area (Å²) in [5, 5.41) is 9.64. The Morgan fingerprint density at radius 2 is 2.27 bits per heavy atom. The van der Waals surface area contributed by atoms with Crippen molar-refractivity contribution in [2.24, 2.45) is 5.92 Å². The third-order valence-corrected chi connectivity index (χ3v) is 2.52. The van der Waals surface area contributed by atoms with Crippen molar-refractivity contribution in [3.8, 4) is 0 Å². The number of aliphatic hydroxyl groups is 1. The summed E-state index contributed by atoms with van der Waals surface area (Å²) in [7, 11) is 0.